The fraction of sp³-hybridized carbons (Fsp3) is 0.423. The van der Waals surface area contributed by atoms with Crippen molar-refractivity contribution in [2.45, 2.75) is 43.5 Å². The van der Waals surface area contributed by atoms with Gasteiger partial charge in [-0.1, -0.05) is 6.07 Å². The Morgan fingerprint density at radius 2 is 1.74 bits per heavy atom. The molecule has 3 fully saturated rings. The highest BCUT2D eigenvalue weighted by molar-refractivity contribution is 5.99. The molecule has 35 heavy (non-hydrogen) atoms. The van der Waals surface area contributed by atoms with Crippen LogP contribution in [0.2, 0.25) is 0 Å². The molecular formula is C26H28FN3O5. The minimum absolute atomic E-state index is 0.0787. The van der Waals surface area contributed by atoms with Crippen molar-refractivity contribution in [2.75, 3.05) is 26.8 Å². The van der Waals surface area contributed by atoms with Crippen molar-refractivity contribution < 1.29 is 28.2 Å². The Bertz CT molecular complexity index is 1130. The average molecular weight is 482 g/mol. The third-order valence-electron chi connectivity index (χ3n) is 6.95. The van der Waals surface area contributed by atoms with Gasteiger partial charge >= 0.3 is 0 Å². The van der Waals surface area contributed by atoms with E-state index in [1.54, 1.807) is 36.3 Å². The number of benzene rings is 2. The minimum Gasteiger partial charge on any atom is -0.497 e. The molecule has 2 aliphatic heterocycles. The maximum atomic E-state index is 13.6. The molecule has 5 rings (SSSR count). The molecule has 3 amide bonds. The van der Waals surface area contributed by atoms with Crippen LogP contribution >= 0.6 is 0 Å². The summed E-state index contributed by atoms with van der Waals surface area (Å²) >= 11 is 0. The zero-order valence-electron chi connectivity index (χ0n) is 19.5. The van der Waals surface area contributed by atoms with E-state index in [1.807, 2.05) is 0 Å². The van der Waals surface area contributed by atoms with Crippen molar-refractivity contribution in [1.82, 2.24) is 15.1 Å². The van der Waals surface area contributed by atoms with E-state index in [0.717, 1.165) is 12.8 Å². The Hall–Kier alpha value is -3.46. The quantitative estimate of drug-likeness (QED) is 0.709. The van der Waals surface area contributed by atoms with Crippen LogP contribution in [0.25, 0.3) is 0 Å². The molecule has 2 saturated heterocycles. The van der Waals surface area contributed by atoms with Crippen LogP contribution in [0, 0.1) is 5.82 Å². The Kier molecular flexibility index (Phi) is 6.19. The maximum absolute atomic E-state index is 13.6. The van der Waals surface area contributed by atoms with Gasteiger partial charge in [-0.15, -0.1) is 0 Å². The highest BCUT2D eigenvalue weighted by Gasteiger charge is 2.54. The maximum Gasteiger partial charge on any atom is 0.256 e. The largest absolute Gasteiger partial charge is 0.497 e. The first-order valence-electron chi connectivity index (χ1n) is 11.9. The number of rotatable bonds is 5. The molecule has 2 aromatic carbocycles. The van der Waals surface area contributed by atoms with E-state index in [2.05, 4.69) is 5.32 Å². The van der Waals surface area contributed by atoms with Crippen molar-refractivity contribution in [2.24, 2.45) is 0 Å². The number of hydrogen-bond donors (Lipinski definition) is 1. The second kappa shape index (κ2) is 9.30. The normalized spacial score (nSPS) is 21.1. The van der Waals surface area contributed by atoms with Gasteiger partial charge in [0.2, 0.25) is 5.91 Å². The second-order valence-electron chi connectivity index (χ2n) is 9.26. The molecule has 0 unspecified atom stereocenters. The molecule has 1 aliphatic carbocycles. The number of methoxy groups -OCH3 is 1. The number of likely N-dealkylation sites (tertiary alicyclic amines) is 1. The van der Waals surface area contributed by atoms with E-state index in [0.29, 0.717) is 37.2 Å². The SMILES string of the molecule is COc1cccc(C(=O)N2CCC3(CC2)OC[C@@H](C(=O)NC2CC2)N3C(=O)c2ccc(F)cc2)c1. The molecule has 0 bridgehead atoms. The average Bonchev–Trinajstić information content (AvgIpc) is 3.63. The highest BCUT2D eigenvalue weighted by Crippen LogP contribution is 2.39. The van der Waals surface area contributed by atoms with Crippen molar-refractivity contribution >= 4 is 17.7 Å². The molecule has 2 heterocycles. The number of amides is 3. The third kappa shape index (κ3) is 4.60. The predicted molar refractivity (Wildman–Crippen MR) is 124 cm³/mol. The molecule has 0 radical (unpaired) electrons. The molecule has 3 aliphatic rings. The molecule has 1 N–H and O–H groups in total. The molecule has 8 nitrogen and oxygen atoms in total. The van der Waals surface area contributed by atoms with Gasteiger partial charge < -0.3 is 19.7 Å². The topological polar surface area (TPSA) is 88.2 Å². The first-order valence-corrected chi connectivity index (χ1v) is 11.9. The number of hydrogen-bond acceptors (Lipinski definition) is 5. The molecular weight excluding hydrogens is 453 g/mol. The van der Waals surface area contributed by atoms with Crippen molar-refractivity contribution in [3.8, 4) is 5.75 Å². The molecule has 1 spiro atoms. The lowest BCUT2D eigenvalue weighted by Gasteiger charge is -2.44. The van der Waals surface area contributed by atoms with Crippen LogP contribution in [-0.2, 0) is 9.53 Å². The standard InChI is InChI=1S/C26H28FN3O5/c1-34-21-4-2-3-18(15-21)24(32)29-13-11-26(12-14-29)30(25(33)17-5-7-19(27)8-6-17)22(16-35-26)23(31)28-20-9-10-20/h2-8,15,20,22H,9-14,16H2,1H3,(H,28,31)/t22-/m0/s1. The van der Waals surface area contributed by atoms with E-state index >= 15 is 0 Å². The molecule has 9 heteroatoms. The summed E-state index contributed by atoms with van der Waals surface area (Å²) < 4.78 is 24.9. The Labute approximate surface area is 203 Å². The van der Waals surface area contributed by atoms with E-state index in [1.165, 1.54) is 29.2 Å². The summed E-state index contributed by atoms with van der Waals surface area (Å²) in [5, 5.41) is 2.97. The van der Waals surface area contributed by atoms with Crippen molar-refractivity contribution in [3.05, 3.63) is 65.5 Å². The fourth-order valence-electron chi connectivity index (χ4n) is 4.82. The molecule has 184 valence electrons. The van der Waals surface area contributed by atoms with Gasteiger partial charge in [0.05, 0.1) is 13.7 Å². The van der Waals surface area contributed by atoms with Gasteiger partial charge in [0.25, 0.3) is 11.8 Å². The van der Waals surface area contributed by atoms with Gasteiger partial charge in [-0.05, 0) is 55.3 Å². The summed E-state index contributed by atoms with van der Waals surface area (Å²) in [5.74, 6) is -0.595. The van der Waals surface area contributed by atoms with Crippen LogP contribution in [0.4, 0.5) is 4.39 Å². The Morgan fingerprint density at radius 1 is 1.03 bits per heavy atom. The lowest BCUT2D eigenvalue weighted by Crippen LogP contribution is -2.60. The van der Waals surface area contributed by atoms with Crippen LogP contribution in [0.3, 0.4) is 0 Å². The van der Waals surface area contributed by atoms with Crippen LogP contribution in [0.1, 0.15) is 46.4 Å². The summed E-state index contributed by atoms with van der Waals surface area (Å²) in [4.78, 5) is 43.0. The summed E-state index contributed by atoms with van der Waals surface area (Å²) in [6.07, 6.45) is 2.58. The van der Waals surface area contributed by atoms with E-state index < -0.39 is 17.6 Å². The highest BCUT2D eigenvalue weighted by atomic mass is 19.1. The summed E-state index contributed by atoms with van der Waals surface area (Å²) in [7, 11) is 1.55. The predicted octanol–water partition coefficient (Wildman–Crippen LogP) is 2.59. The van der Waals surface area contributed by atoms with E-state index in [9.17, 15) is 18.8 Å². The van der Waals surface area contributed by atoms with Gasteiger partial charge in [0.15, 0.2) is 0 Å². The Balaban J connectivity index is 1.36. The van der Waals surface area contributed by atoms with Gasteiger partial charge in [0, 0.05) is 43.1 Å². The fourth-order valence-corrected chi connectivity index (χ4v) is 4.82. The monoisotopic (exact) mass is 481 g/mol. The number of ether oxygens (including phenoxy) is 2. The van der Waals surface area contributed by atoms with Crippen LogP contribution in [-0.4, -0.2) is 72.1 Å². The zero-order chi connectivity index (χ0) is 24.6. The zero-order valence-corrected chi connectivity index (χ0v) is 19.5. The number of carbonyl (C=O) groups is 3. The summed E-state index contributed by atoms with van der Waals surface area (Å²) in [6.45, 7) is 0.801. The smallest absolute Gasteiger partial charge is 0.256 e. The lowest BCUT2D eigenvalue weighted by atomic mass is 9.96. The van der Waals surface area contributed by atoms with E-state index in [4.69, 9.17) is 9.47 Å². The van der Waals surface area contributed by atoms with Crippen LogP contribution < -0.4 is 10.1 Å². The summed E-state index contributed by atoms with van der Waals surface area (Å²) in [6, 6.07) is 11.6. The number of piperidine rings is 1. The second-order valence-corrected chi connectivity index (χ2v) is 9.26. The number of halogens is 1. The minimum atomic E-state index is -1.01. The first-order chi connectivity index (χ1) is 16.9. The molecule has 1 atom stereocenters. The molecule has 0 aromatic heterocycles. The Morgan fingerprint density at radius 3 is 2.40 bits per heavy atom. The molecule has 1 saturated carbocycles. The van der Waals surface area contributed by atoms with Gasteiger partial charge in [0.1, 0.15) is 23.3 Å². The number of nitrogens with zero attached hydrogens (tertiary/aromatic N) is 2. The lowest BCUT2D eigenvalue weighted by molar-refractivity contribution is -0.128. The van der Waals surface area contributed by atoms with E-state index in [-0.39, 0.29) is 35.9 Å². The first kappa shape index (κ1) is 23.3. The van der Waals surface area contributed by atoms with Crippen LogP contribution in [0.15, 0.2) is 48.5 Å². The summed E-state index contributed by atoms with van der Waals surface area (Å²) in [5.41, 5.74) is -0.203. The van der Waals surface area contributed by atoms with Gasteiger partial charge in [-0.2, -0.15) is 0 Å². The number of nitrogens with one attached hydrogen (secondary N) is 1. The van der Waals surface area contributed by atoms with Crippen LogP contribution in [0.5, 0.6) is 5.75 Å². The van der Waals surface area contributed by atoms with Crippen molar-refractivity contribution in [1.29, 1.82) is 0 Å². The van der Waals surface area contributed by atoms with Crippen molar-refractivity contribution in [3.63, 3.8) is 0 Å². The van der Waals surface area contributed by atoms with Gasteiger partial charge in [-0.3, -0.25) is 19.3 Å². The van der Waals surface area contributed by atoms with Gasteiger partial charge in [-0.25, -0.2) is 4.39 Å². The third-order valence-corrected chi connectivity index (χ3v) is 6.95. The number of carbonyl (C=O) groups excluding carboxylic acids is 3. The molecule has 2 aromatic rings.